The first-order valence-corrected chi connectivity index (χ1v) is 8.62. The van der Waals surface area contributed by atoms with Crippen LogP contribution in [0.2, 0.25) is 0 Å². The van der Waals surface area contributed by atoms with Crippen LogP contribution in [-0.2, 0) is 20.0 Å². The van der Waals surface area contributed by atoms with E-state index in [0.29, 0.717) is 0 Å². The predicted molar refractivity (Wildman–Crippen MR) is 87.4 cm³/mol. The zero-order chi connectivity index (χ0) is 19.6. The van der Waals surface area contributed by atoms with Gasteiger partial charge in [0, 0.05) is 0 Å². The second-order valence-corrected chi connectivity index (χ2v) is 8.18. The summed E-state index contributed by atoms with van der Waals surface area (Å²) >= 11 is 0. The van der Waals surface area contributed by atoms with Crippen molar-refractivity contribution in [2.24, 2.45) is 0 Å². The minimum absolute atomic E-state index is 0.183. The first-order valence-electron chi connectivity index (χ1n) is 7.32. The second-order valence-electron chi connectivity index (χ2n) is 7.23. The highest BCUT2D eigenvalue weighted by molar-refractivity contribution is 7.81. The second kappa shape index (κ2) is 6.99. The molecule has 0 amide bonds. The van der Waals surface area contributed by atoms with Crippen LogP contribution in [0, 0.1) is 0 Å². The Morgan fingerprint density at radius 3 is 1.48 bits per heavy atom. The molecule has 0 atom stereocenters. The Labute approximate surface area is 146 Å². The Hall–Kier alpha value is -2.16. The summed E-state index contributed by atoms with van der Waals surface area (Å²) in [6.45, 7) is 9.79. The molecule has 1 rings (SSSR count). The predicted octanol–water partition coefficient (Wildman–Crippen LogP) is 3.19. The minimum Gasteiger partial charge on any atom is -0.456 e. The van der Waals surface area contributed by atoms with Crippen LogP contribution >= 0.6 is 0 Å². The van der Waals surface area contributed by atoms with Crippen LogP contribution in [0.1, 0.15) is 62.3 Å². The summed E-state index contributed by atoms with van der Waals surface area (Å²) in [4.78, 5) is 24.3. The van der Waals surface area contributed by atoms with E-state index in [1.165, 1.54) is 0 Å². The smallest absolute Gasteiger partial charge is 0.456 e. The number of benzene rings is 1. The Morgan fingerprint density at radius 1 is 0.840 bits per heavy atom. The average Bonchev–Trinajstić information content (AvgIpc) is 2.31. The molecule has 0 aliphatic rings. The fraction of sp³-hybridized carbons (Fsp3) is 0.500. The molecule has 140 valence electrons. The molecule has 0 unspecified atom stereocenters. The lowest BCUT2D eigenvalue weighted by atomic mass is 10.1. The van der Waals surface area contributed by atoms with Gasteiger partial charge in [0.1, 0.15) is 17.0 Å². The highest BCUT2D eigenvalue weighted by Gasteiger charge is 2.24. The maximum absolute atomic E-state index is 12.8. The summed E-state index contributed by atoms with van der Waals surface area (Å²) in [5.41, 5.74) is -2.02. The number of rotatable bonds is 4. The number of hydrogen-bond donors (Lipinski definition) is 0. The number of halogens is 1. The van der Waals surface area contributed by atoms with Gasteiger partial charge in [-0.1, -0.05) is 3.89 Å². The lowest BCUT2D eigenvalue weighted by Gasteiger charge is -2.21. The SMILES string of the molecule is CC(C)(C)OC(=O)c1cc(OS(=O)(=O)F)cc(C(=O)OC(C)(C)C)c1. The van der Waals surface area contributed by atoms with E-state index in [2.05, 4.69) is 4.18 Å². The Kier molecular flexibility index (Phi) is 5.84. The van der Waals surface area contributed by atoms with Crippen molar-refractivity contribution in [1.82, 2.24) is 0 Å². The Balaban J connectivity index is 3.32. The largest absolute Gasteiger partial charge is 0.488 e. The maximum Gasteiger partial charge on any atom is 0.488 e. The van der Waals surface area contributed by atoms with Gasteiger partial charge in [-0.15, -0.1) is 0 Å². The van der Waals surface area contributed by atoms with Crippen LogP contribution in [0.5, 0.6) is 5.75 Å². The molecular formula is C16H21FO7S. The summed E-state index contributed by atoms with van der Waals surface area (Å²) in [5.74, 6) is -2.22. The quantitative estimate of drug-likeness (QED) is 0.588. The molecule has 0 saturated carbocycles. The zero-order valence-electron chi connectivity index (χ0n) is 14.9. The van der Waals surface area contributed by atoms with Gasteiger partial charge in [-0.05, 0) is 59.7 Å². The van der Waals surface area contributed by atoms with Crippen molar-refractivity contribution in [3.63, 3.8) is 0 Å². The van der Waals surface area contributed by atoms with E-state index in [9.17, 15) is 21.9 Å². The van der Waals surface area contributed by atoms with Gasteiger partial charge in [0.15, 0.2) is 0 Å². The van der Waals surface area contributed by atoms with Crippen molar-refractivity contribution in [2.45, 2.75) is 52.7 Å². The molecule has 0 saturated heterocycles. The molecule has 0 radical (unpaired) electrons. The average molecular weight is 376 g/mol. The summed E-state index contributed by atoms with van der Waals surface area (Å²) in [5, 5.41) is 0. The van der Waals surface area contributed by atoms with Crippen LogP contribution < -0.4 is 4.18 Å². The number of esters is 2. The van der Waals surface area contributed by atoms with E-state index in [0.717, 1.165) is 18.2 Å². The molecule has 0 fully saturated rings. The van der Waals surface area contributed by atoms with Gasteiger partial charge in [0.25, 0.3) is 0 Å². The Bertz CT molecular complexity index is 724. The van der Waals surface area contributed by atoms with E-state index < -0.39 is 39.4 Å². The highest BCUT2D eigenvalue weighted by atomic mass is 32.3. The first-order chi connectivity index (χ1) is 11.1. The molecule has 0 aliphatic carbocycles. The van der Waals surface area contributed by atoms with E-state index in [1.807, 2.05) is 0 Å². The monoisotopic (exact) mass is 376 g/mol. The van der Waals surface area contributed by atoms with Gasteiger partial charge in [-0.2, -0.15) is 8.42 Å². The van der Waals surface area contributed by atoms with Crippen molar-refractivity contribution < 1.29 is 35.5 Å². The number of carbonyl (C=O) groups is 2. The normalized spacial score (nSPS) is 12.4. The number of hydrogen-bond acceptors (Lipinski definition) is 7. The first kappa shape index (κ1) is 20.9. The Morgan fingerprint density at radius 2 is 1.20 bits per heavy atom. The molecule has 0 heterocycles. The molecule has 1 aromatic carbocycles. The molecular weight excluding hydrogens is 355 g/mol. The summed E-state index contributed by atoms with van der Waals surface area (Å²) in [6, 6.07) is 3.07. The molecule has 0 aromatic heterocycles. The molecule has 7 nitrogen and oxygen atoms in total. The molecule has 0 bridgehead atoms. The van der Waals surface area contributed by atoms with Gasteiger partial charge >= 0.3 is 22.4 Å². The van der Waals surface area contributed by atoms with Crippen molar-refractivity contribution in [1.29, 1.82) is 0 Å². The van der Waals surface area contributed by atoms with E-state index in [4.69, 9.17) is 9.47 Å². The van der Waals surface area contributed by atoms with Crippen LogP contribution in [0.4, 0.5) is 3.89 Å². The summed E-state index contributed by atoms with van der Waals surface area (Å²) in [7, 11) is -5.34. The number of carbonyl (C=O) groups excluding carboxylic acids is 2. The van der Waals surface area contributed by atoms with Crippen molar-refractivity contribution in [3.05, 3.63) is 29.3 Å². The van der Waals surface area contributed by atoms with Crippen LogP contribution in [0.3, 0.4) is 0 Å². The minimum atomic E-state index is -5.34. The maximum atomic E-state index is 12.8. The third-order valence-corrected chi connectivity index (χ3v) is 2.76. The lowest BCUT2D eigenvalue weighted by Crippen LogP contribution is -2.25. The fourth-order valence-electron chi connectivity index (χ4n) is 1.67. The molecule has 1 aromatic rings. The van der Waals surface area contributed by atoms with Gasteiger partial charge in [-0.3, -0.25) is 0 Å². The third kappa shape index (κ3) is 7.97. The fourth-order valence-corrected chi connectivity index (χ4v) is 2.00. The van der Waals surface area contributed by atoms with Crippen LogP contribution in [-0.4, -0.2) is 31.6 Å². The van der Waals surface area contributed by atoms with Crippen molar-refractivity contribution in [2.75, 3.05) is 0 Å². The van der Waals surface area contributed by atoms with Crippen LogP contribution in [0.25, 0.3) is 0 Å². The molecule has 9 heteroatoms. The summed E-state index contributed by atoms with van der Waals surface area (Å²) < 4.78 is 48.6. The molecule has 25 heavy (non-hydrogen) atoms. The van der Waals surface area contributed by atoms with Gasteiger partial charge in [0.05, 0.1) is 11.1 Å². The highest BCUT2D eigenvalue weighted by Crippen LogP contribution is 2.23. The third-order valence-electron chi connectivity index (χ3n) is 2.37. The van der Waals surface area contributed by atoms with Gasteiger partial charge in [0.2, 0.25) is 0 Å². The topological polar surface area (TPSA) is 96.0 Å². The van der Waals surface area contributed by atoms with Crippen LogP contribution in [0.15, 0.2) is 18.2 Å². The number of ether oxygens (including phenoxy) is 2. The summed E-state index contributed by atoms with van der Waals surface area (Å²) in [6.07, 6.45) is 0. The standard InChI is InChI=1S/C16H21FO7S/c1-15(2,3)22-13(18)10-7-11(14(19)23-16(4,5)6)9-12(8-10)24-25(17,20)21/h7-9H,1-6H3. The van der Waals surface area contributed by atoms with Gasteiger partial charge < -0.3 is 13.7 Å². The molecule has 0 spiro atoms. The van der Waals surface area contributed by atoms with Crippen molar-refractivity contribution >= 4 is 22.4 Å². The van der Waals surface area contributed by atoms with Gasteiger partial charge in [-0.25, -0.2) is 9.59 Å². The molecule has 0 N–H and O–H groups in total. The molecule has 0 aliphatic heterocycles. The van der Waals surface area contributed by atoms with Crippen molar-refractivity contribution in [3.8, 4) is 5.75 Å². The lowest BCUT2D eigenvalue weighted by molar-refractivity contribution is 0.00676. The zero-order valence-corrected chi connectivity index (χ0v) is 15.7. The van der Waals surface area contributed by atoms with E-state index >= 15 is 0 Å². The van der Waals surface area contributed by atoms with E-state index in [-0.39, 0.29) is 11.1 Å². The van der Waals surface area contributed by atoms with E-state index in [1.54, 1.807) is 41.5 Å².